The summed E-state index contributed by atoms with van der Waals surface area (Å²) in [6.07, 6.45) is 4.78. The van der Waals surface area contributed by atoms with Crippen LogP contribution < -0.4 is 0 Å². The van der Waals surface area contributed by atoms with Crippen LogP contribution in [0.3, 0.4) is 0 Å². The molecule has 3 aliphatic rings. The van der Waals surface area contributed by atoms with E-state index in [4.69, 9.17) is 4.74 Å². The Balaban J connectivity index is 1.41. The van der Waals surface area contributed by atoms with Crippen LogP contribution in [0.15, 0.2) is 30.3 Å². The summed E-state index contributed by atoms with van der Waals surface area (Å²) in [6, 6.07) is 11.1. The van der Waals surface area contributed by atoms with Crippen molar-refractivity contribution >= 4 is 6.09 Å². The summed E-state index contributed by atoms with van der Waals surface area (Å²) in [5.41, 5.74) is 1.41. The summed E-state index contributed by atoms with van der Waals surface area (Å²) in [7, 11) is 0. The smallest absolute Gasteiger partial charge is 0.410 e. The first-order valence-corrected chi connectivity index (χ1v) is 10.1. The third kappa shape index (κ3) is 4.06. The molecule has 26 heavy (non-hydrogen) atoms. The predicted molar refractivity (Wildman–Crippen MR) is 103 cm³/mol. The van der Waals surface area contributed by atoms with E-state index in [9.17, 15) is 4.79 Å². The fourth-order valence-electron chi connectivity index (χ4n) is 4.40. The maximum atomic E-state index is 12.7. The number of amides is 1. The van der Waals surface area contributed by atoms with Crippen LogP contribution in [0.1, 0.15) is 52.0 Å². The van der Waals surface area contributed by atoms with Gasteiger partial charge in [0, 0.05) is 32.2 Å². The molecule has 0 N–H and O–H groups in total. The Hall–Kier alpha value is -1.55. The first-order chi connectivity index (χ1) is 12.3. The Labute approximate surface area is 157 Å². The molecule has 4 nitrogen and oxygen atoms in total. The summed E-state index contributed by atoms with van der Waals surface area (Å²) in [5.74, 6) is 0.583. The lowest BCUT2D eigenvalue weighted by Gasteiger charge is -2.31. The zero-order valence-corrected chi connectivity index (χ0v) is 16.4. The number of hydrogen-bond donors (Lipinski definition) is 0. The quantitative estimate of drug-likeness (QED) is 0.789. The third-order valence-electron chi connectivity index (χ3n) is 6.06. The van der Waals surface area contributed by atoms with Gasteiger partial charge in [-0.2, -0.15) is 0 Å². The van der Waals surface area contributed by atoms with E-state index in [0.29, 0.717) is 17.4 Å². The van der Waals surface area contributed by atoms with Gasteiger partial charge in [0.25, 0.3) is 0 Å². The highest BCUT2D eigenvalue weighted by Crippen LogP contribution is 2.57. The molecule has 1 spiro atoms. The number of carbonyl (C=O) groups is 1. The molecule has 1 aromatic carbocycles. The van der Waals surface area contributed by atoms with E-state index in [1.165, 1.54) is 24.9 Å². The van der Waals surface area contributed by atoms with Gasteiger partial charge >= 0.3 is 6.09 Å². The van der Waals surface area contributed by atoms with Crippen LogP contribution in [0.2, 0.25) is 0 Å². The monoisotopic (exact) mass is 356 g/mol. The predicted octanol–water partition coefficient (Wildman–Crippen LogP) is 4.30. The second-order valence-corrected chi connectivity index (χ2v) is 9.58. The molecule has 1 unspecified atom stereocenters. The Kier molecular flexibility index (Phi) is 4.50. The van der Waals surface area contributed by atoms with Gasteiger partial charge in [0.05, 0.1) is 0 Å². The van der Waals surface area contributed by atoms with E-state index in [0.717, 1.165) is 32.5 Å². The van der Waals surface area contributed by atoms with E-state index < -0.39 is 5.60 Å². The maximum Gasteiger partial charge on any atom is 0.410 e. The molecule has 1 heterocycles. The molecule has 1 amide bonds. The molecule has 142 valence electrons. The molecule has 0 radical (unpaired) electrons. The Bertz CT molecular complexity index is 644. The van der Waals surface area contributed by atoms with Crippen molar-refractivity contribution in [3.63, 3.8) is 0 Å². The van der Waals surface area contributed by atoms with E-state index in [-0.39, 0.29) is 6.09 Å². The van der Waals surface area contributed by atoms with Gasteiger partial charge in [-0.15, -0.1) is 0 Å². The molecule has 1 aromatic rings. The van der Waals surface area contributed by atoms with Gasteiger partial charge in [-0.3, -0.25) is 4.90 Å². The summed E-state index contributed by atoms with van der Waals surface area (Å²) in [5, 5.41) is 0. The standard InChI is InChI=1S/C22H32N2O2/c1-21(2,3)26-20(25)24(19-9-10-19)15-18-14-23(16-22(18)11-12-22)13-17-7-5-4-6-8-17/h4-8,18-19H,9-16H2,1-3H3. The van der Waals surface area contributed by atoms with Crippen LogP contribution in [-0.2, 0) is 11.3 Å². The minimum atomic E-state index is -0.420. The number of nitrogens with zero attached hydrogens (tertiary/aromatic N) is 2. The van der Waals surface area contributed by atoms with Crippen molar-refractivity contribution in [2.75, 3.05) is 19.6 Å². The number of carbonyl (C=O) groups excluding carboxylic acids is 1. The zero-order chi connectivity index (χ0) is 18.4. The largest absolute Gasteiger partial charge is 0.444 e. The molecular weight excluding hydrogens is 324 g/mol. The summed E-state index contributed by atoms with van der Waals surface area (Å²) < 4.78 is 5.70. The van der Waals surface area contributed by atoms with Crippen molar-refractivity contribution in [2.45, 2.75) is 64.6 Å². The maximum absolute atomic E-state index is 12.7. The summed E-state index contributed by atoms with van der Waals surface area (Å²) >= 11 is 0. The first-order valence-electron chi connectivity index (χ1n) is 10.1. The second-order valence-electron chi connectivity index (χ2n) is 9.58. The van der Waals surface area contributed by atoms with Crippen LogP contribution in [0.25, 0.3) is 0 Å². The minimum Gasteiger partial charge on any atom is -0.444 e. The SMILES string of the molecule is CC(C)(C)OC(=O)N(CC1CN(Cc2ccccc2)CC12CC2)C1CC1. The second kappa shape index (κ2) is 6.56. The molecule has 0 aromatic heterocycles. The Morgan fingerprint density at radius 3 is 2.50 bits per heavy atom. The number of ether oxygens (including phenoxy) is 1. The van der Waals surface area contributed by atoms with Crippen LogP contribution in [0.4, 0.5) is 4.79 Å². The number of benzene rings is 1. The van der Waals surface area contributed by atoms with E-state index >= 15 is 0 Å². The van der Waals surface area contributed by atoms with Crippen LogP contribution in [0.5, 0.6) is 0 Å². The molecule has 3 fully saturated rings. The fraction of sp³-hybridized carbons (Fsp3) is 0.682. The Morgan fingerprint density at radius 2 is 1.92 bits per heavy atom. The van der Waals surface area contributed by atoms with Crippen molar-refractivity contribution in [3.05, 3.63) is 35.9 Å². The molecule has 0 bridgehead atoms. The van der Waals surface area contributed by atoms with Gasteiger partial charge < -0.3 is 9.64 Å². The van der Waals surface area contributed by atoms with Crippen LogP contribution in [-0.4, -0.2) is 47.2 Å². The highest BCUT2D eigenvalue weighted by molar-refractivity contribution is 5.69. The van der Waals surface area contributed by atoms with E-state index in [1.807, 2.05) is 25.7 Å². The van der Waals surface area contributed by atoms with Crippen molar-refractivity contribution < 1.29 is 9.53 Å². The Morgan fingerprint density at radius 1 is 1.23 bits per heavy atom. The van der Waals surface area contributed by atoms with Crippen molar-refractivity contribution in [1.29, 1.82) is 0 Å². The lowest BCUT2D eigenvalue weighted by atomic mass is 9.92. The van der Waals surface area contributed by atoms with Gasteiger partial charge in [0.15, 0.2) is 0 Å². The molecule has 2 aliphatic carbocycles. The highest BCUT2D eigenvalue weighted by Gasteiger charge is 2.55. The molecule has 4 heteroatoms. The first kappa shape index (κ1) is 17.8. The molecule has 2 saturated carbocycles. The normalized spacial score (nSPS) is 24.7. The van der Waals surface area contributed by atoms with Crippen LogP contribution >= 0.6 is 0 Å². The molecule has 1 atom stereocenters. The van der Waals surface area contributed by atoms with Gasteiger partial charge in [-0.05, 0) is 63.4 Å². The van der Waals surface area contributed by atoms with E-state index in [2.05, 4.69) is 35.2 Å². The molecule has 1 aliphatic heterocycles. The highest BCUT2D eigenvalue weighted by atomic mass is 16.6. The summed E-state index contributed by atoms with van der Waals surface area (Å²) in [6.45, 7) is 10.0. The lowest BCUT2D eigenvalue weighted by molar-refractivity contribution is 0.0189. The average molecular weight is 357 g/mol. The van der Waals surface area contributed by atoms with Gasteiger partial charge in [0.1, 0.15) is 5.60 Å². The minimum absolute atomic E-state index is 0.114. The fourth-order valence-corrected chi connectivity index (χ4v) is 4.40. The summed E-state index contributed by atoms with van der Waals surface area (Å²) in [4.78, 5) is 17.4. The van der Waals surface area contributed by atoms with Crippen LogP contribution in [0, 0.1) is 11.3 Å². The van der Waals surface area contributed by atoms with Gasteiger partial charge in [-0.1, -0.05) is 30.3 Å². The molecular formula is C22H32N2O2. The van der Waals surface area contributed by atoms with E-state index in [1.54, 1.807) is 0 Å². The number of rotatable bonds is 5. The van der Waals surface area contributed by atoms with Crippen molar-refractivity contribution in [3.8, 4) is 0 Å². The zero-order valence-electron chi connectivity index (χ0n) is 16.4. The molecule has 4 rings (SSSR count). The topological polar surface area (TPSA) is 32.8 Å². The average Bonchev–Trinajstić information content (AvgIpc) is 3.45. The van der Waals surface area contributed by atoms with Gasteiger partial charge in [0.2, 0.25) is 0 Å². The molecule has 1 saturated heterocycles. The van der Waals surface area contributed by atoms with Gasteiger partial charge in [-0.25, -0.2) is 4.79 Å². The number of likely N-dealkylation sites (tertiary alicyclic amines) is 1. The lowest BCUT2D eigenvalue weighted by Crippen LogP contribution is -2.42. The van der Waals surface area contributed by atoms with Crippen molar-refractivity contribution in [1.82, 2.24) is 9.80 Å². The van der Waals surface area contributed by atoms with Crippen molar-refractivity contribution in [2.24, 2.45) is 11.3 Å². The number of hydrogen-bond acceptors (Lipinski definition) is 3. The third-order valence-corrected chi connectivity index (χ3v) is 6.06.